The predicted molar refractivity (Wildman–Crippen MR) is 75.6 cm³/mol. The molecule has 3 rings (SSSR count). The van der Waals surface area contributed by atoms with Gasteiger partial charge in [-0.2, -0.15) is 0 Å². The lowest BCUT2D eigenvalue weighted by Gasteiger charge is -2.24. The Morgan fingerprint density at radius 1 is 1.37 bits per heavy atom. The Kier molecular flexibility index (Phi) is 3.32. The highest BCUT2D eigenvalue weighted by molar-refractivity contribution is 5.98. The third-order valence-electron chi connectivity index (χ3n) is 3.98. The summed E-state index contributed by atoms with van der Waals surface area (Å²) in [6, 6.07) is 5.88. The molecule has 2 aliphatic rings. The summed E-state index contributed by atoms with van der Waals surface area (Å²) in [4.78, 5) is 11.6. The largest absolute Gasteiger partial charge is 0.479 e. The van der Waals surface area contributed by atoms with Crippen molar-refractivity contribution >= 4 is 17.3 Å². The van der Waals surface area contributed by atoms with Gasteiger partial charge in [-0.25, -0.2) is 0 Å². The summed E-state index contributed by atoms with van der Waals surface area (Å²) < 4.78 is 5.54. The third-order valence-corrected chi connectivity index (χ3v) is 3.98. The van der Waals surface area contributed by atoms with Crippen LogP contribution in [0, 0.1) is 5.92 Å². The molecule has 1 heterocycles. The van der Waals surface area contributed by atoms with Gasteiger partial charge >= 0.3 is 0 Å². The monoisotopic (exact) mass is 260 g/mol. The first-order valence-electron chi connectivity index (χ1n) is 7.08. The number of carbonyl (C=O) groups excluding carboxylic acids is 1. The van der Waals surface area contributed by atoms with Gasteiger partial charge in [0.2, 0.25) is 0 Å². The normalized spacial score (nSPS) is 22.6. The summed E-state index contributed by atoms with van der Waals surface area (Å²) >= 11 is 0. The van der Waals surface area contributed by atoms with Crippen LogP contribution in [0.25, 0.3) is 0 Å². The van der Waals surface area contributed by atoms with Crippen LogP contribution in [-0.2, 0) is 4.79 Å². The average Bonchev–Trinajstić information content (AvgIpc) is 2.91. The number of carbonyl (C=O) groups is 1. The minimum Gasteiger partial charge on any atom is -0.479 e. The fourth-order valence-corrected chi connectivity index (χ4v) is 2.80. The van der Waals surface area contributed by atoms with Crippen LogP contribution in [-0.4, -0.2) is 18.6 Å². The van der Waals surface area contributed by atoms with Crippen molar-refractivity contribution in [3.8, 4) is 5.75 Å². The minimum atomic E-state index is -0.412. The molecule has 1 saturated carbocycles. The molecule has 1 atom stereocenters. The van der Waals surface area contributed by atoms with Crippen LogP contribution < -0.4 is 15.4 Å². The zero-order valence-electron chi connectivity index (χ0n) is 11.2. The first-order chi connectivity index (χ1) is 9.22. The fraction of sp³-hybridized carbons (Fsp3) is 0.533. The lowest BCUT2D eigenvalue weighted by atomic mass is 10.1. The van der Waals surface area contributed by atoms with Crippen LogP contribution in [0.2, 0.25) is 0 Å². The van der Waals surface area contributed by atoms with E-state index in [-0.39, 0.29) is 5.91 Å². The Morgan fingerprint density at radius 3 is 2.95 bits per heavy atom. The van der Waals surface area contributed by atoms with Gasteiger partial charge in [-0.3, -0.25) is 4.79 Å². The third kappa shape index (κ3) is 2.67. The van der Waals surface area contributed by atoms with Crippen LogP contribution in [0.3, 0.4) is 0 Å². The van der Waals surface area contributed by atoms with Crippen molar-refractivity contribution < 1.29 is 9.53 Å². The Hall–Kier alpha value is -1.71. The van der Waals surface area contributed by atoms with Gasteiger partial charge in [0.1, 0.15) is 5.75 Å². The zero-order chi connectivity index (χ0) is 13.2. The molecule has 0 spiro atoms. The quantitative estimate of drug-likeness (QED) is 0.878. The Morgan fingerprint density at radius 2 is 2.16 bits per heavy atom. The zero-order valence-corrected chi connectivity index (χ0v) is 11.2. The number of anilines is 2. The molecule has 1 aliphatic heterocycles. The Balaban J connectivity index is 1.67. The van der Waals surface area contributed by atoms with Gasteiger partial charge in [0.25, 0.3) is 5.91 Å². The second kappa shape index (κ2) is 5.11. The molecule has 0 bridgehead atoms. The summed E-state index contributed by atoms with van der Waals surface area (Å²) in [5, 5.41) is 6.33. The number of benzene rings is 1. The standard InChI is InChI=1S/C15H20N2O2/c1-10-15(18)17-13-8-12(6-7-14(13)19-10)16-9-11-4-2-3-5-11/h6-8,10-11,16H,2-5,9H2,1H3,(H,17,18). The van der Waals surface area contributed by atoms with E-state index in [1.54, 1.807) is 6.92 Å². The Bertz CT molecular complexity index is 481. The molecule has 0 radical (unpaired) electrons. The average molecular weight is 260 g/mol. The van der Waals surface area contributed by atoms with Gasteiger partial charge in [-0.05, 0) is 43.9 Å². The summed E-state index contributed by atoms with van der Waals surface area (Å²) in [5.41, 5.74) is 1.81. The first-order valence-corrected chi connectivity index (χ1v) is 7.08. The lowest BCUT2D eigenvalue weighted by Crippen LogP contribution is -2.34. The lowest BCUT2D eigenvalue weighted by molar-refractivity contribution is -0.122. The second-order valence-electron chi connectivity index (χ2n) is 5.49. The molecule has 19 heavy (non-hydrogen) atoms. The van der Waals surface area contributed by atoms with Crippen LogP contribution in [0.4, 0.5) is 11.4 Å². The molecule has 4 nitrogen and oxygen atoms in total. The summed E-state index contributed by atoms with van der Waals surface area (Å²) in [7, 11) is 0. The first kappa shape index (κ1) is 12.3. The van der Waals surface area contributed by atoms with Crippen molar-refractivity contribution in [1.29, 1.82) is 0 Å². The molecule has 102 valence electrons. The van der Waals surface area contributed by atoms with Gasteiger partial charge in [0, 0.05) is 12.2 Å². The van der Waals surface area contributed by atoms with Gasteiger partial charge in [-0.15, -0.1) is 0 Å². The number of amides is 1. The number of rotatable bonds is 3. The number of fused-ring (bicyclic) bond motifs is 1. The topological polar surface area (TPSA) is 50.4 Å². The van der Waals surface area contributed by atoms with Crippen molar-refractivity contribution in [3.63, 3.8) is 0 Å². The molecule has 1 amide bonds. The summed E-state index contributed by atoms with van der Waals surface area (Å²) in [5.74, 6) is 1.46. The predicted octanol–water partition coefficient (Wildman–Crippen LogP) is 3.01. The maximum absolute atomic E-state index is 11.6. The number of nitrogens with one attached hydrogen (secondary N) is 2. The highest BCUT2D eigenvalue weighted by atomic mass is 16.5. The molecular weight excluding hydrogens is 240 g/mol. The molecule has 4 heteroatoms. The van der Waals surface area contributed by atoms with E-state index >= 15 is 0 Å². The van der Waals surface area contributed by atoms with E-state index in [1.807, 2.05) is 18.2 Å². The number of hydrogen-bond acceptors (Lipinski definition) is 3. The molecule has 1 unspecified atom stereocenters. The molecule has 1 aromatic rings. The molecule has 1 aliphatic carbocycles. The number of ether oxygens (including phenoxy) is 1. The van der Waals surface area contributed by atoms with Crippen LogP contribution >= 0.6 is 0 Å². The second-order valence-corrected chi connectivity index (χ2v) is 5.49. The van der Waals surface area contributed by atoms with Gasteiger partial charge in [0.05, 0.1) is 5.69 Å². The van der Waals surface area contributed by atoms with Crippen molar-refractivity contribution in [1.82, 2.24) is 0 Å². The molecule has 1 fully saturated rings. The highest BCUT2D eigenvalue weighted by Gasteiger charge is 2.23. The van der Waals surface area contributed by atoms with E-state index in [4.69, 9.17) is 4.74 Å². The molecule has 0 saturated heterocycles. The van der Waals surface area contributed by atoms with Crippen molar-refractivity contribution in [3.05, 3.63) is 18.2 Å². The molecule has 1 aromatic carbocycles. The van der Waals surface area contributed by atoms with E-state index in [0.29, 0.717) is 0 Å². The van der Waals surface area contributed by atoms with Gasteiger partial charge < -0.3 is 15.4 Å². The Labute approximate surface area is 113 Å². The highest BCUT2D eigenvalue weighted by Crippen LogP contribution is 2.32. The molecule has 0 aromatic heterocycles. The van der Waals surface area contributed by atoms with Crippen LogP contribution in [0.5, 0.6) is 5.75 Å². The minimum absolute atomic E-state index is 0.0829. The van der Waals surface area contributed by atoms with Crippen molar-refractivity contribution in [2.24, 2.45) is 5.92 Å². The maximum atomic E-state index is 11.6. The summed E-state index contributed by atoms with van der Waals surface area (Å²) in [6.45, 7) is 2.77. The van der Waals surface area contributed by atoms with Gasteiger partial charge in [0.15, 0.2) is 6.10 Å². The van der Waals surface area contributed by atoms with Crippen molar-refractivity contribution in [2.75, 3.05) is 17.2 Å². The van der Waals surface area contributed by atoms with E-state index in [1.165, 1.54) is 25.7 Å². The number of hydrogen-bond donors (Lipinski definition) is 2. The summed E-state index contributed by atoms with van der Waals surface area (Å²) in [6.07, 6.45) is 4.96. The smallest absolute Gasteiger partial charge is 0.265 e. The molecule has 2 N–H and O–H groups in total. The van der Waals surface area contributed by atoms with E-state index in [9.17, 15) is 4.79 Å². The van der Waals surface area contributed by atoms with Gasteiger partial charge in [-0.1, -0.05) is 12.8 Å². The van der Waals surface area contributed by atoms with Crippen molar-refractivity contribution in [2.45, 2.75) is 38.7 Å². The van der Waals surface area contributed by atoms with E-state index in [2.05, 4.69) is 10.6 Å². The fourth-order valence-electron chi connectivity index (χ4n) is 2.80. The van der Waals surface area contributed by atoms with Crippen LogP contribution in [0.15, 0.2) is 18.2 Å². The maximum Gasteiger partial charge on any atom is 0.265 e. The van der Waals surface area contributed by atoms with E-state index < -0.39 is 6.10 Å². The SMILES string of the molecule is CC1Oc2ccc(NCC3CCCC3)cc2NC1=O. The molecular formula is C15H20N2O2. The van der Waals surface area contributed by atoms with Crippen LogP contribution in [0.1, 0.15) is 32.6 Å². The van der Waals surface area contributed by atoms with E-state index in [0.717, 1.165) is 29.6 Å².